The molecule has 0 spiro atoms. The van der Waals surface area contributed by atoms with Gasteiger partial charge in [-0.05, 0) is 25.0 Å². The van der Waals surface area contributed by atoms with Crippen molar-refractivity contribution < 1.29 is 9.21 Å². The van der Waals surface area contributed by atoms with Gasteiger partial charge < -0.3 is 13.9 Å². The third-order valence-corrected chi connectivity index (χ3v) is 5.09. The Labute approximate surface area is 150 Å². The number of aromatic nitrogens is 4. The molecule has 0 radical (unpaired) electrons. The van der Waals surface area contributed by atoms with Gasteiger partial charge in [0, 0.05) is 31.5 Å². The molecular weight excluding hydrogens is 330 g/mol. The molecule has 0 N–H and O–H groups in total. The van der Waals surface area contributed by atoms with Gasteiger partial charge in [0.1, 0.15) is 17.3 Å². The molecule has 26 heavy (non-hydrogen) atoms. The smallest absolute Gasteiger partial charge is 0.292 e. The first kappa shape index (κ1) is 15.3. The van der Waals surface area contributed by atoms with Gasteiger partial charge in [0.2, 0.25) is 11.7 Å². The van der Waals surface area contributed by atoms with Gasteiger partial charge in [0.25, 0.3) is 5.91 Å². The molecule has 0 fully saturated rings. The highest BCUT2D eigenvalue weighted by Crippen LogP contribution is 2.27. The molecule has 1 aromatic carbocycles. The van der Waals surface area contributed by atoms with E-state index >= 15 is 0 Å². The Morgan fingerprint density at radius 1 is 1.04 bits per heavy atom. The number of hydrogen-bond acceptors (Lipinski definition) is 5. The SMILES string of the molecule is O=C(c1nnc2n1CCCC2)N1CCc2oc(-c3ccccc3)nc2C1. The van der Waals surface area contributed by atoms with Crippen LogP contribution in [0.1, 0.15) is 40.7 Å². The summed E-state index contributed by atoms with van der Waals surface area (Å²) in [7, 11) is 0. The highest BCUT2D eigenvalue weighted by atomic mass is 16.4. The second kappa shape index (κ2) is 6.09. The highest BCUT2D eigenvalue weighted by molar-refractivity contribution is 5.91. The molecule has 0 unspecified atom stereocenters. The second-order valence-electron chi connectivity index (χ2n) is 6.78. The summed E-state index contributed by atoms with van der Waals surface area (Å²) in [6.07, 6.45) is 3.75. The number of aryl methyl sites for hydroxylation is 1. The van der Waals surface area contributed by atoms with Crippen molar-refractivity contribution in [2.24, 2.45) is 0 Å². The number of carbonyl (C=O) groups is 1. The standard InChI is InChI=1S/C19H19N5O2/c25-19(17-22-21-16-8-4-5-10-24(16)17)23-11-9-15-14(12-23)20-18(26-15)13-6-2-1-3-7-13/h1-3,6-7H,4-5,8-12H2. The first-order chi connectivity index (χ1) is 12.8. The van der Waals surface area contributed by atoms with Crippen molar-refractivity contribution >= 4 is 5.91 Å². The summed E-state index contributed by atoms with van der Waals surface area (Å²) in [5.41, 5.74) is 1.79. The Hall–Kier alpha value is -2.96. The molecule has 7 heteroatoms. The number of nitrogens with zero attached hydrogens (tertiary/aromatic N) is 5. The minimum atomic E-state index is -0.0689. The number of hydrogen-bond donors (Lipinski definition) is 0. The molecule has 0 bridgehead atoms. The Kier molecular flexibility index (Phi) is 3.58. The van der Waals surface area contributed by atoms with Gasteiger partial charge in [-0.3, -0.25) is 4.79 Å². The molecule has 0 atom stereocenters. The maximum absolute atomic E-state index is 13.0. The third-order valence-electron chi connectivity index (χ3n) is 5.09. The lowest BCUT2D eigenvalue weighted by Crippen LogP contribution is -2.37. The van der Waals surface area contributed by atoms with E-state index in [1.54, 1.807) is 4.90 Å². The van der Waals surface area contributed by atoms with Crippen molar-refractivity contribution in [3.05, 3.63) is 53.4 Å². The molecule has 7 nitrogen and oxygen atoms in total. The van der Waals surface area contributed by atoms with Gasteiger partial charge in [0.05, 0.1) is 6.54 Å². The summed E-state index contributed by atoms with van der Waals surface area (Å²) >= 11 is 0. The van der Waals surface area contributed by atoms with E-state index in [4.69, 9.17) is 4.42 Å². The first-order valence-corrected chi connectivity index (χ1v) is 9.05. The Bertz CT molecular complexity index is 960. The second-order valence-corrected chi connectivity index (χ2v) is 6.78. The molecule has 0 aliphatic carbocycles. The zero-order valence-electron chi connectivity index (χ0n) is 14.4. The van der Waals surface area contributed by atoms with Crippen LogP contribution in [-0.2, 0) is 25.9 Å². The number of fused-ring (bicyclic) bond motifs is 2. The molecule has 1 amide bonds. The molecule has 5 rings (SSSR count). The highest BCUT2D eigenvalue weighted by Gasteiger charge is 2.30. The largest absolute Gasteiger partial charge is 0.441 e. The maximum atomic E-state index is 13.0. The van der Waals surface area contributed by atoms with E-state index in [-0.39, 0.29) is 5.91 Å². The summed E-state index contributed by atoms with van der Waals surface area (Å²) in [6, 6.07) is 9.84. The normalized spacial score (nSPS) is 16.2. The molecule has 2 aliphatic heterocycles. The number of benzene rings is 1. The van der Waals surface area contributed by atoms with Crippen molar-refractivity contribution in [3.63, 3.8) is 0 Å². The van der Waals surface area contributed by atoms with Crippen molar-refractivity contribution in [3.8, 4) is 11.5 Å². The fourth-order valence-electron chi connectivity index (χ4n) is 3.68. The van der Waals surface area contributed by atoms with Crippen LogP contribution in [0.2, 0.25) is 0 Å². The number of oxazole rings is 1. The molecular formula is C19H19N5O2. The van der Waals surface area contributed by atoms with E-state index in [0.717, 1.165) is 48.6 Å². The van der Waals surface area contributed by atoms with Crippen LogP contribution in [-0.4, -0.2) is 37.1 Å². The first-order valence-electron chi connectivity index (χ1n) is 9.05. The fourth-order valence-corrected chi connectivity index (χ4v) is 3.68. The number of amides is 1. The van der Waals surface area contributed by atoms with Gasteiger partial charge >= 0.3 is 0 Å². The van der Waals surface area contributed by atoms with Crippen LogP contribution in [0.25, 0.3) is 11.5 Å². The monoisotopic (exact) mass is 349 g/mol. The van der Waals surface area contributed by atoms with E-state index in [2.05, 4.69) is 15.2 Å². The van der Waals surface area contributed by atoms with E-state index in [1.165, 1.54) is 0 Å². The lowest BCUT2D eigenvalue weighted by atomic mass is 10.1. The van der Waals surface area contributed by atoms with Crippen LogP contribution in [0.15, 0.2) is 34.7 Å². The van der Waals surface area contributed by atoms with Gasteiger partial charge in [-0.2, -0.15) is 0 Å². The number of carbonyl (C=O) groups excluding carboxylic acids is 1. The fraction of sp³-hybridized carbons (Fsp3) is 0.368. The van der Waals surface area contributed by atoms with Crippen molar-refractivity contribution in [2.45, 2.75) is 38.8 Å². The van der Waals surface area contributed by atoms with Crippen LogP contribution in [0.5, 0.6) is 0 Å². The van der Waals surface area contributed by atoms with Crippen LogP contribution < -0.4 is 0 Å². The average Bonchev–Trinajstić information content (AvgIpc) is 3.32. The zero-order valence-corrected chi connectivity index (χ0v) is 14.4. The average molecular weight is 349 g/mol. The Balaban J connectivity index is 1.40. The van der Waals surface area contributed by atoms with E-state index in [0.29, 0.717) is 31.2 Å². The van der Waals surface area contributed by atoms with Crippen LogP contribution in [0, 0.1) is 0 Å². The molecule has 2 aromatic heterocycles. The predicted molar refractivity (Wildman–Crippen MR) is 93.3 cm³/mol. The summed E-state index contributed by atoms with van der Waals surface area (Å²) < 4.78 is 7.89. The summed E-state index contributed by atoms with van der Waals surface area (Å²) in [5, 5.41) is 8.35. The predicted octanol–water partition coefficient (Wildman–Crippen LogP) is 2.47. The summed E-state index contributed by atoms with van der Waals surface area (Å²) in [4.78, 5) is 19.4. The molecule has 3 aromatic rings. The quantitative estimate of drug-likeness (QED) is 0.710. The van der Waals surface area contributed by atoms with Gasteiger partial charge in [-0.25, -0.2) is 4.98 Å². The van der Waals surface area contributed by atoms with Crippen molar-refractivity contribution in [2.75, 3.05) is 6.54 Å². The van der Waals surface area contributed by atoms with Gasteiger partial charge in [-0.1, -0.05) is 18.2 Å². The lowest BCUT2D eigenvalue weighted by molar-refractivity contribution is 0.0709. The van der Waals surface area contributed by atoms with Gasteiger partial charge in [-0.15, -0.1) is 10.2 Å². The lowest BCUT2D eigenvalue weighted by Gasteiger charge is -2.25. The van der Waals surface area contributed by atoms with Crippen LogP contribution in [0.4, 0.5) is 0 Å². The van der Waals surface area contributed by atoms with Crippen molar-refractivity contribution in [1.29, 1.82) is 0 Å². The minimum absolute atomic E-state index is 0.0689. The molecule has 0 saturated heterocycles. The maximum Gasteiger partial charge on any atom is 0.292 e. The van der Waals surface area contributed by atoms with Gasteiger partial charge in [0.15, 0.2) is 0 Å². The molecule has 4 heterocycles. The van der Waals surface area contributed by atoms with Crippen LogP contribution in [0.3, 0.4) is 0 Å². The molecule has 2 aliphatic rings. The topological polar surface area (TPSA) is 77.0 Å². The zero-order chi connectivity index (χ0) is 17.5. The van der Waals surface area contributed by atoms with E-state index in [9.17, 15) is 4.79 Å². The number of rotatable bonds is 2. The van der Waals surface area contributed by atoms with E-state index < -0.39 is 0 Å². The summed E-state index contributed by atoms with van der Waals surface area (Å²) in [6.45, 7) is 1.88. The minimum Gasteiger partial charge on any atom is -0.441 e. The van der Waals surface area contributed by atoms with Crippen LogP contribution >= 0.6 is 0 Å². The van der Waals surface area contributed by atoms with Crippen molar-refractivity contribution in [1.82, 2.24) is 24.6 Å². The molecule has 0 saturated carbocycles. The van der Waals surface area contributed by atoms with E-state index in [1.807, 2.05) is 34.9 Å². The Morgan fingerprint density at radius 2 is 1.92 bits per heavy atom. The molecule has 132 valence electrons. The summed E-state index contributed by atoms with van der Waals surface area (Å²) in [5.74, 6) is 2.79. The third kappa shape index (κ3) is 2.51. The Morgan fingerprint density at radius 3 is 2.81 bits per heavy atom.